The third kappa shape index (κ3) is 5.90. The van der Waals surface area contributed by atoms with Gasteiger partial charge in [-0.2, -0.15) is 18.3 Å². The maximum atomic E-state index is 12.6. The predicted molar refractivity (Wildman–Crippen MR) is 94.4 cm³/mol. The van der Waals surface area contributed by atoms with Gasteiger partial charge in [-0.15, -0.1) is 0 Å². The number of halogens is 4. The fourth-order valence-electron chi connectivity index (χ4n) is 1.95. The van der Waals surface area contributed by atoms with E-state index in [4.69, 9.17) is 0 Å². The van der Waals surface area contributed by atoms with Crippen molar-refractivity contribution in [3.05, 3.63) is 64.1 Å². The Kier molecular flexibility index (Phi) is 6.19. The molecule has 0 aromatic heterocycles. The maximum absolute atomic E-state index is 12.6. The van der Waals surface area contributed by atoms with Crippen LogP contribution in [0.15, 0.2) is 58.1 Å². The van der Waals surface area contributed by atoms with Crippen molar-refractivity contribution in [2.75, 3.05) is 11.9 Å². The van der Waals surface area contributed by atoms with Crippen LogP contribution in [0.2, 0.25) is 0 Å². The number of hydrogen-bond donors (Lipinski definition) is 2. The van der Waals surface area contributed by atoms with Crippen LogP contribution in [0.3, 0.4) is 0 Å². The number of hydrogen-bond acceptors (Lipinski definition) is 3. The summed E-state index contributed by atoms with van der Waals surface area (Å²) in [6, 6.07) is 12.1. The lowest BCUT2D eigenvalue weighted by atomic mass is 10.1. The molecule has 0 atom stereocenters. The molecule has 0 heterocycles. The Morgan fingerprint density at radius 2 is 1.88 bits per heavy atom. The number of benzene rings is 2. The van der Waals surface area contributed by atoms with E-state index in [0.29, 0.717) is 5.71 Å². The van der Waals surface area contributed by atoms with E-state index in [0.717, 1.165) is 22.2 Å². The van der Waals surface area contributed by atoms with Gasteiger partial charge in [0.1, 0.15) is 0 Å². The van der Waals surface area contributed by atoms with Gasteiger partial charge in [0.05, 0.1) is 17.8 Å². The molecule has 132 valence electrons. The van der Waals surface area contributed by atoms with E-state index < -0.39 is 17.6 Å². The topological polar surface area (TPSA) is 53.5 Å². The summed E-state index contributed by atoms with van der Waals surface area (Å²) >= 11 is 3.35. The molecule has 0 spiro atoms. The summed E-state index contributed by atoms with van der Waals surface area (Å²) in [6.45, 7) is 1.54. The number of alkyl halides is 3. The van der Waals surface area contributed by atoms with Crippen molar-refractivity contribution in [3.8, 4) is 0 Å². The van der Waals surface area contributed by atoms with E-state index in [-0.39, 0.29) is 12.2 Å². The number of amides is 1. The van der Waals surface area contributed by atoms with Crippen LogP contribution in [0.25, 0.3) is 0 Å². The van der Waals surface area contributed by atoms with Crippen molar-refractivity contribution >= 4 is 33.2 Å². The minimum absolute atomic E-state index is 0.198. The fraction of sp³-hybridized carbons (Fsp3) is 0.176. The standard InChI is InChI=1S/C17H15BrF3N3O/c1-11(12-4-2-6-14(18)8-12)23-24-16(25)10-22-15-7-3-5-13(9-15)17(19,20)21/h2-9,22H,10H2,1H3,(H,24,25)/b23-11+. The molecule has 0 aliphatic heterocycles. The Morgan fingerprint density at radius 3 is 2.56 bits per heavy atom. The van der Waals surface area contributed by atoms with Gasteiger partial charge in [-0.25, -0.2) is 5.43 Å². The van der Waals surface area contributed by atoms with Crippen LogP contribution < -0.4 is 10.7 Å². The molecule has 0 saturated carbocycles. The highest BCUT2D eigenvalue weighted by Gasteiger charge is 2.30. The average Bonchev–Trinajstić information content (AvgIpc) is 2.57. The Balaban J connectivity index is 1.92. The summed E-state index contributed by atoms with van der Waals surface area (Å²) in [5.74, 6) is -0.466. The molecule has 0 fully saturated rings. The molecule has 0 radical (unpaired) electrons. The zero-order valence-electron chi connectivity index (χ0n) is 13.2. The molecule has 8 heteroatoms. The Hall–Kier alpha value is -2.35. The zero-order valence-corrected chi connectivity index (χ0v) is 14.8. The van der Waals surface area contributed by atoms with E-state index in [2.05, 4.69) is 31.8 Å². The molecule has 1 amide bonds. The zero-order chi connectivity index (χ0) is 18.4. The number of nitrogens with one attached hydrogen (secondary N) is 2. The van der Waals surface area contributed by atoms with Crippen LogP contribution in [0.5, 0.6) is 0 Å². The van der Waals surface area contributed by atoms with Crippen LogP contribution in [0.4, 0.5) is 18.9 Å². The maximum Gasteiger partial charge on any atom is 0.416 e. The van der Waals surface area contributed by atoms with Crippen molar-refractivity contribution in [2.24, 2.45) is 5.10 Å². The summed E-state index contributed by atoms with van der Waals surface area (Å²) < 4.78 is 38.8. The van der Waals surface area contributed by atoms with Gasteiger partial charge < -0.3 is 5.32 Å². The van der Waals surface area contributed by atoms with Gasteiger partial charge in [-0.05, 0) is 42.8 Å². The third-order valence-corrected chi connectivity index (χ3v) is 3.73. The number of carbonyl (C=O) groups excluding carboxylic acids is 1. The second kappa shape index (κ2) is 8.15. The minimum atomic E-state index is -4.43. The highest BCUT2D eigenvalue weighted by molar-refractivity contribution is 9.10. The van der Waals surface area contributed by atoms with E-state index in [9.17, 15) is 18.0 Å². The molecule has 0 aliphatic carbocycles. The van der Waals surface area contributed by atoms with Crippen molar-refractivity contribution < 1.29 is 18.0 Å². The minimum Gasteiger partial charge on any atom is -0.376 e. The van der Waals surface area contributed by atoms with Crippen molar-refractivity contribution in [1.29, 1.82) is 0 Å². The smallest absolute Gasteiger partial charge is 0.376 e. The van der Waals surface area contributed by atoms with Crippen LogP contribution in [-0.2, 0) is 11.0 Å². The molecule has 0 aliphatic rings. The van der Waals surface area contributed by atoms with Gasteiger partial charge in [0.15, 0.2) is 0 Å². The first kappa shape index (κ1) is 19.0. The van der Waals surface area contributed by atoms with Crippen molar-refractivity contribution in [2.45, 2.75) is 13.1 Å². The first-order chi connectivity index (χ1) is 11.8. The van der Waals surface area contributed by atoms with Gasteiger partial charge in [-0.1, -0.05) is 34.1 Å². The summed E-state index contributed by atoms with van der Waals surface area (Å²) in [6.07, 6.45) is -4.43. The highest BCUT2D eigenvalue weighted by atomic mass is 79.9. The van der Waals surface area contributed by atoms with Crippen LogP contribution in [0.1, 0.15) is 18.1 Å². The largest absolute Gasteiger partial charge is 0.416 e. The molecule has 4 nitrogen and oxygen atoms in total. The van der Waals surface area contributed by atoms with Crippen molar-refractivity contribution in [3.63, 3.8) is 0 Å². The van der Waals surface area contributed by atoms with E-state index in [1.165, 1.54) is 12.1 Å². The number of nitrogens with zero attached hydrogens (tertiary/aromatic N) is 1. The summed E-state index contributed by atoms with van der Waals surface area (Å²) in [5.41, 5.74) is 3.23. The Labute approximate surface area is 151 Å². The van der Waals surface area contributed by atoms with Crippen LogP contribution in [-0.4, -0.2) is 18.2 Å². The van der Waals surface area contributed by atoms with Gasteiger partial charge in [-0.3, -0.25) is 4.79 Å². The lowest BCUT2D eigenvalue weighted by molar-refractivity contribution is -0.137. The quantitative estimate of drug-likeness (QED) is 0.562. The second-order valence-corrected chi connectivity index (χ2v) is 6.09. The Morgan fingerprint density at radius 1 is 1.16 bits per heavy atom. The van der Waals surface area contributed by atoms with E-state index in [1.54, 1.807) is 6.92 Å². The first-order valence-corrected chi connectivity index (χ1v) is 8.05. The van der Waals surface area contributed by atoms with Gasteiger partial charge in [0, 0.05) is 10.2 Å². The van der Waals surface area contributed by atoms with Crippen molar-refractivity contribution in [1.82, 2.24) is 5.43 Å². The normalized spacial score (nSPS) is 12.0. The lowest BCUT2D eigenvalue weighted by Crippen LogP contribution is -2.26. The van der Waals surface area contributed by atoms with Gasteiger partial charge in [0.2, 0.25) is 0 Å². The molecular weight excluding hydrogens is 399 g/mol. The lowest BCUT2D eigenvalue weighted by Gasteiger charge is -2.10. The third-order valence-electron chi connectivity index (χ3n) is 3.23. The molecule has 25 heavy (non-hydrogen) atoms. The number of anilines is 1. The number of rotatable bonds is 5. The molecule has 0 saturated heterocycles. The van der Waals surface area contributed by atoms with Crippen LogP contribution in [0, 0.1) is 0 Å². The monoisotopic (exact) mass is 413 g/mol. The average molecular weight is 414 g/mol. The summed E-state index contributed by atoms with van der Waals surface area (Å²) in [5, 5.41) is 6.62. The molecular formula is C17H15BrF3N3O. The molecule has 0 unspecified atom stereocenters. The SMILES string of the molecule is C/C(=N\NC(=O)CNc1cccc(C(F)(F)F)c1)c1cccc(Br)c1. The van der Waals surface area contributed by atoms with E-state index in [1.807, 2.05) is 24.3 Å². The first-order valence-electron chi connectivity index (χ1n) is 7.26. The van der Waals surface area contributed by atoms with E-state index >= 15 is 0 Å². The highest BCUT2D eigenvalue weighted by Crippen LogP contribution is 2.30. The predicted octanol–water partition coefficient (Wildman–Crippen LogP) is 4.42. The summed E-state index contributed by atoms with van der Waals surface area (Å²) in [4.78, 5) is 11.8. The molecule has 0 bridgehead atoms. The Bertz CT molecular complexity index is 791. The fourth-order valence-corrected chi connectivity index (χ4v) is 2.35. The van der Waals surface area contributed by atoms with Gasteiger partial charge in [0.25, 0.3) is 5.91 Å². The number of hydrazone groups is 1. The van der Waals surface area contributed by atoms with Crippen LogP contribution >= 0.6 is 15.9 Å². The molecule has 2 N–H and O–H groups in total. The number of carbonyl (C=O) groups is 1. The molecule has 2 rings (SSSR count). The summed E-state index contributed by atoms with van der Waals surface area (Å²) in [7, 11) is 0. The van der Waals surface area contributed by atoms with Gasteiger partial charge >= 0.3 is 6.18 Å². The molecule has 2 aromatic rings. The second-order valence-electron chi connectivity index (χ2n) is 5.17. The molecule has 2 aromatic carbocycles.